The zero-order chi connectivity index (χ0) is 15.3. The minimum Gasteiger partial charge on any atom is -0.481 e. The highest BCUT2D eigenvalue weighted by Gasteiger charge is 2.33. The molecule has 0 bridgehead atoms. The Labute approximate surface area is 118 Å². The molecule has 1 heterocycles. The summed E-state index contributed by atoms with van der Waals surface area (Å²) in [6.07, 6.45) is 1.41. The van der Waals surface area contributed by atoms with Crippen LogP contribution in [0.1, 0.15) is 33.1 Å². The lowest BCUT2D eigenvalue weighted by Gasteiger charge is -2.31. The molecule has 1 unspecified atom stereocenters. The van der Waals surface area contributed by atoms with Gasteiger partial charge in [0.15, 0.2) is 0 Å². The molecule has 114 valence electrons. The van der Waals surface area contributed by atoms with E-state index in [9.17, 15) is 14.4 Å². The summed E-state index contributed by atoms with van der Waals surface area (Å²) in [5.41, 5.74) is 5.18. The largest absolute Gasteiger partial charge is 0.481 e. The standard InChI is InChI=1S/C13H23N3O4/c1-9(2)7-15(8-11(14)17)13(20)16-5-3-4-10(16)6-12(18)19/h9-10H,3-8H2,1-2H3,(H2,14,17)(H,18,19). The molecular formula is C13H23N3O4. The predicted octanol–water partition coefficient (Wildman–Crippen LogP) is 0.489. The van der Waals surface area contributed by atoms with E-state index >= 15 is 0 Å². The van der Waals surface area contributed by atoms with E-state index in [1.165, 1.54) is 4.90 Å². The Morgan fingerprint density at radius 3 is 2.55 bits per heavy atom. The van der Waals surface area contributed by atoms with E-state index in [0.717, 1.165) is 6.42 Å². The van der Waals surface area contributed by atoms with Crippen molar-refractivity contribution >= 4 is 17.9 Å². The number of rotatable bonds is 6. The number of hydrogen-bond donors (Lipinski definition) is 2. The molecule has 0 aromatic carbocycles. The quantitative estimate of drug-likeness (QED) is 0.741. The zero-order valence-electron chi connectivity index (χ0n) is 12.0. The molecule has 1 aliphatic rings. The Bertz CT molecular complexity index is 384. The molecule has 0 aromatic heterocycles. The maximum absolute atomic E-state index is 12.5. The van der Waals surface area contributed by atoms with E-state index in [1.807, 2.05) is 13.8 Å². The van der Waals surface area contributed by atoms with Crippen molar-refractivity contribution < 1.29 is 19.5 Å². The van der Waals surface area contributed by atoms with Crippen LogP contribution in [0, 0.1) is 5.92 Å². The topological polar surface area (TPSA) is 104 Å². The van der Waals surface area contributed by atoms with Gasteiger partial charge in [-0.2, -0.15) is 0 Å². The number of likely N-dealkylation sites (tertiary alicyclic amines) is 1. The molecule has 0 radical (unpaired) electrons. The molecule has 3 N–H and O–H groups in total. The summed E-state index contributed by atoms with van der Waals surface area (Å²) < 4.78 is 0. The third kappa shape index (κ3) is 4.71. The molecule has 7 nitrogen and oxygen atoms in total. The van der Waals surface area contributed by atoms with Crippen LogP contribution in [-0.2, 0) is 9.59 Å². The Balaban J connectivity index is 2.76. The lowest BCUT2D eigenvalue weighted by molar-refractivity contribution is -0.138. The maximum Gasteiger partial charge on any atom is 0.320 e. The molecule has 3 amide bonds. The normalized spacial score (nSPS) is 18.4. The summed E-state index contributed by atoms with van der Waals surface area (Å²) in [4.78, 5) is 37.3. The SMILES string of the molecule is CC(C)CN(CC(N)=O)C(=O)N1CCCC1CC(=O)O. The van der Waals surface area contributed by atoms with Gasteiger partial charge >= 0.3 is 12.0 Å². The summed E-state index contributed by atoms with van der Waals surface area (Å²) in [5, 5.41) is 8.88. The molecule has 1 atom stereocenters. The van der Waals surface area contributed by atoms with Crippen LogP contribution in [0.5, 0.6) is 0 Å². The number of aliphatic carboxylic acids is 1. The van der Waals surface area contributed by atoms with Crippen LogP contribution in [-0.4, -0.2) is 58.5 Å². The van der Waals surface area contributed by atoms with Gasteiger partial charge in [-0.3, -0.25) is 9.59 Å². The highest BCUT2D eigenvalue weighted by Crippen LogP contribution is 2.22. The smallest absolute Gasteiger partial charge is 0.320 e. The molecule has 0 saturated carbocycles. The molecular weight excluding hydrogens is 262 g/mol. The molecule has 0 spiro atoms. The Hall–Kier alpha value is -1.79. The molecule has 1 fully saturated rings. The van der Waals surface area contributed by atoms with Crippen LogP contribution in [0.4, 0.5) is 4.79 Å². The Morgan fingerprint density at radius 2 is 2.05 bits per heavy atom. The summed E-state index contributed by atoms with van der Waals surface area (Å²) >= 11 is 0. The van der Waals surface area contributed by atoms with Gasteiger partial charge in [0.2, 0.25) is 5.91 Å². The third-order valence-corrected chi connectivity index (χ3v) is 3.24. The second-order valence-corrected chi connectivity index (χ2v) is 5.61. The average Bonchev–Trinajstić information content (AvgIpc) is 2.73. The van der Waals surface area contributed by atoms with Crippen molar-refractivity contribution in [1.29, 1.82) is 0 Å². The molecule has 0 aliphatic carbocycles. The van der Waals surface area contributed by atoms with Crippen LogP contribution in [0.15, 0.2) is 0 Å². The number of nitrogens with zero attached hydrogens (tertiary/aromatic N) is 2. The summed E-state index contributed by atoms with van der Waals surface area (Å²) in [6.45, 7) is 4.72. The number of nitrogens with two attached hydrogens (primary N) is 1. The van der Waals surface area contributed by atoms with E-state index in [2.05, 4.69) is 0 Å². The van der Waals surface area contributed by atoms with E-state index in [4.69, 9.17) is 10.8 Å². The minimum absolute atomic E-state index is 0.0577. The highest BCUT2D eigenvalue weighted by atomic mass is 16.4. The van der Waals surface area contributed by atoms with Crippen molar-refractivity contribution in [2.45, 2.75) is 39.2 Å². The van der Waals surface area contributed by atoms with Gasteiger partial charge in [-0.1, -0.05) is 13.8 Å². The van der Waals surface area contributed by atoms with E-state index < -0.39 is 11.9 Å². The maximum atomic E-state index is 12.5. The fraction of sp³-hybridized carbons (Fsp3) is 0.769. The number of carboxylic acid groups (broad SMARTS) is 1. The minimum atomic E-state index is -0.917. The second kappa shape index (κ2) is 7.12. The lowest BCUT2D eigenvalue weighted by Crippen LogP contribution is -2.49. The molecule has 7 heteroatoms. The Morgan fingerprint density at radius 1 is 1.40 bits per heavy atom. The van der Waals surface area contributed by atoms with Crippen molar-refractivity contribution in [1.82, 2.24) is 9.80 Å². The van der Waals surface area contributed by atoms with Crippen LogP contribution in [0.3, 0.4) is 0 Å². The van der Waals surface area contributed by atoms with Crippen LogP contribution in [0.2, 0.25) is 0 Å². The summed E-state index contributed by atoms with van der Waals surface area (Å²) in [6, 6.07) is -0.580. The van der Waals surface area contributed by atoms with Gasteiger partial charge in [-0.25, -0.2) is 4.79 Å². The van der Waals surface area contributed by atoms with Gasteiger partial charge in [-0.05, 0) is 18.8 Å². The van der Waals surface area contributed by atoms with Gasteiger partial charge < -0.3 is 20.6 Å². The lowest BCUT2D eigenvalue weighted by atomic mass is 10.1. The Kier molecular flexibility index (Phi) is 5.79. The van der Waals surface area contributed by atoms with Crippen molar-refractivity contribution in [3.05, 3.63) is 0 Å². The number of urea groups is 1. The van der Waals surface area contributed by atoms with Crippen molar-refractivity contribution in [3.63, 3.8) is 0 Å². The zero-order valence-corrected chi connectivity index (χ0v) is 12.0. The first-order valence-electron chi connectivity index (χ1n) is 6.87. The van der Waals surface area contributed by atoms with Crippen molar-refractivity contribution in [3.8, 4) is 0 Å². The first-order chi connectivity index (χ1) is 9.31. The first-order valence-corrected chi connectivity index (χ1v) is 6.87. The van der Waals surface area contributed by atoms with E-state index in [-0.39, 0.29) is 31.0 Å². The molecule has 1 saturated heterocycles. The number of amides is 3. The van der Waals surface area contributed by atoms with Gasteiger partial charge in [0.1, 0.15) is 6.54 Å². The van der Waals surface area contributed by atoms with Gasteiger partial charge in [0, 0.05) is 19.1 Å². The summed E-state index contributed by atoms with van der Waals surface area (Å²) in [5.74, 6) is -1.27. The van der Waals surface area contributed by atoms with Crippen molar-refractivity contribution in [2.24, 2.45) is 11.7 Å². The number of hydrogen-bond acceptors (Lipinski definition) is 3. The monoisotopic (exact) mass is 285 g/mol. The van der Waals surface area contributed by atoms with E-state index in [1.54, 1.807) is 4.90 Å². The number of carbonyl (C=O) groups excluding carboxylic acids is 2. The van der Waals surface area contributed by atoms with Gasteiger partial charge in [-0.15, -0.1) is 0 Å². The van der Waals surface area contributed by atoms with Crippen LogP contribution >= 0.6 is 0 Å². The molecule has 1 aliphatic heterocycles. The summed E-state index contributed by atoms with van der Waals surface area (Å²) in [7, 11) is 0. The van der Waals surface area contributed by atoms with E-state index in [0.29, 0.717) is 19.5 Å². The second-order valence-electron chi connectivity index (χ2n) is 5.61. The van der Waals surface area contributed by atoms with Gasteiger partial charge in [0.25, 0.3) is 0 Å². The molecule has 1 rings (SSSR count). The fourth-order valence-corrected chi connectivity index (χ4v) is 2.52. The third-order valence-electron chi connectivity index (χ3n) is 3.24. The number of primary amides is 1. The van der Waals surface area contributed by atoms with Crippen LogP contribution in [0.25, 0.3) is 0 Å². The van der Waals surface area contributed by atoms with Crippen LogP contribution < -0.4 is 5.73 Å². The number of carboxylic acids is 1. The number of carbonyl (C=O) groups is 3. The molecule has 0 aromatic rings. The first kappa shape index (κ1) is 16.3. The molecule has 20 heavy (non-hydrogen) atoms. The highest BCUT2D eigenvalue weighted by molar-refractivity contribution is 5.83. The average molecular weight is 285 g/mol. The predicted molar refractivity (Wildman–Crippen MR) is 73.0 cm³/mol. The fourth-order valence-electron chi connectivity index (χ4n) is 2.52. The van der Waals surface area contributed by atoms with Gasteiger partial charge in [0.05, 0.1) is 6.42 Å². The van der Waals surface area contributed by atoms with Crippen molar-refractivity contribution in [2.75, 3.05) is 19.6 Å².